The van der Waals surface area contributed by atoms with E-state index in [1.807, 2.05) is 6.20 Å². The van der Waals surface area contributed by atoms with Crippen molar-refractivity contribution in [2.45, 2.75) is 57.3 Å². The molecule has 0 unspecified atom stereocenters. The van der Waals surface area contributed by atoms with Crippen molar-refractivity contribution in [3.63, 3.8) is 0 Å². The minimum Gasteiger partial charge on any atom is -0.381 e. The van der Waals surface area contributed by atoms with E-state index in [9.17, 15) is 8.78 Å². The van der Waals surface area contributed by atoms with Gasteiger partial charge in [0.25, 0.3) is 0 Å². The van der Waals surface area contributed by atoms with Gasteiger partial charge >= 0.3 is 0 Å². The van der Waals surface area contributed by atoms with Crippen LogP contribution >= 0.6 is 15.9 Å². The number of nitrogens with zero attached hydrogens (tertiary/aromatic N) is 2. The van der Waals surface area contributed by atoms with E-state index in [0.717, 1.165) is 52.9 Å². The number of H-pyrrole nitrogens is 1. The first-order valence-corrected chi connectivity index (χ1v) is 13.5. The Morgan fingerprint density at radius 1 is 1.06 bits per heavy atom. The molecule has 1 saturated heterocycles. The van der Waals surface area contributed by atoms with Crippen LogP contribution in [-0.2, 0) is 4.74 Å². The van der Waals surface area contributed by atoms with Gasteiger partial charge in [-0.05, 0) is 95.5 Å². The Hall–Kier alpha value is -2.25. The third-order valence-corrected chi connectivity index (χ3v) is 9.58. The maximum atomic E-state index is 14.5. The van der Waals surface area contributed by atoms with Crippen molar-refractivity contribution in [1.29, 1.82) is 0 Å². The van der Waals surface area contributed by atoms with E-state index in [4.69, 9.17) is 4.74 Å². The smallest absolute Gasteiger partial charge is 0.160 e. The maximum Gasteiger partial charge on any atom is 0.160 e. The number of benzene rings is 2. The number of hydrogen-bond donors (Lipinski definition) is 1. The highest BCUT2D eigenvalue weighted by Crippen LogP contribution is 2.65. The number of hydrogen-bond acceptors (Lipinski definition) is 2. The Labute approximate surface area is 211 Å². The number of nitrogens with one attached hydrogen (secondary N) is 1. The molecule has 0 radical (unpaired) electrons. The van der Waals surface area contributed by atoms with E-state index in [2.05, 4.69) is 43.7 Å². The third kappa shape index (κ3) is 3.27. The van der Waals surface area contributed by atoms with Crippen LogP contribution in [0.1, 0.15) is 68.5 Å². The molecule has 1 aliphatic heterocycles. The van der Waals surface area contributed by atoms with Gasteiger partial charge in [0.1, 0.15) is 0 Å². The number of aromatic amines is 1. The van der Waals surface area contributed by atoms with Crippen molar-refractivity contribution in [3.05, 3.63) is 57.8 Å². The van der Waals surface area contributed by atoms with Crippen LogP contribution in [0, 0.1) is 23.0 Å². The molecule has 182 valence electrons. The summed E-state index contributed by atoms with van der Waals surface area (Å²) in [5.74, 6) is -0.0498. The number of halogens is 3. The Kier molecular flexibility index (Phi) is 4.95. The molecule has 3 fully saturated rings. The fourth-order valence-electron chi connectivity index (χ4n) is 7.48. The van der Waals surface area contributed by atoms with Crippen LogP contribution in [0.15, 0.2) is 34.9 Å². The number of fused-ring (bicyclic) bond motifs is 2. The van der Waals surface area contributed by atoms with Crippen LogP contribution < -0.4 is 0 Å². The highest BCUT2D eigenvalue weighted by molar-refractivity contribution is 9.10. The van der Waals surface area contributed by atoms with E-state index in [1.165, 1.54) is 54.5 Å². The molecule has 4 nitrogen and oxygen atoms in total. The molecule has 35 heavy (non-hydrogen) atoms. The van der Waals surface area contributed by atoms with Gasteiger partial charge in [-0.15, -0.1) is 0 Å². The van der Waals surface area contributed by atoms with Gasteiger partial charge in [0.2, 0.25) is 0 Å². The Morgan fingerprint density at radius 2 is 1.83 bits per heavy atom. The lowest BCUT2D eigenvalue weighted by atomic mass is 9.47. The van der Waals surface area contributed by atoms with Crippen LogP contribution in [0.25, 0.3) is 27.5 Å². The van der Waals surface area contributed by atoms with E-state index < -0.39 is 11.6 Å². The number of rotatable bonds is 3. The lowest BCUT2D eigenvalue weighted by Gasteiger charge is -2.57. The normalized spacial score (nSPS) is 27.0. The molecule has 3 aliphatic rings. The van der Waals surface area contributed by atoms with Crippen molar-refractivity contribution in [2.75, 3.05) is 13.2 Å². The van der Waals surface area contributed by atoms with E-state index in [1.54, 1.807) is 6.07 Å². The van der Waals surface area contributed by atoms with Gasteiger partial charge in [0.15, 0.2) is 11.6 Å². The Bertz CT molecular complexity index is 1450. The van der Waals surface area contributed by atoms with Gasteiger partial charge in [0.05, 0.1) is 21.7 Å². The molecule has 0 bridgehead atoms. The van der Waals surface area contributed by atoms with Crippen molar-refractivity contribution in [3.8, 4) is 5.69 Å². The van der Waals surface area contributed by atoms with Crippen LogP contribution in [0.2, 0.25) is 0 Å². The maximum absolute atomic E-state index is 14.5. The SMILES string of the molecule is CC1CC2(C1)CC(c1c(C3CCOCC3)n(-c3ccc(F)c(F)c3)c3cc4cn[nH]c4c(Br)c13)C2. The lowest BCUT2D eigenvalue weighted by Crippen LogP contribution is -2.45. The summed E-state index contributed by atoms with van der Waals surface area (Å²) < 4.78 is 37.4. The molecule has 4 aromatic rings. The summed E-state index contributed by atoms with van der Waals surface area (Å²) in [4.78, 5) is 0. The van der Waals surface area contributed by atoms with E-state index in [-0.39, 0.29) is 0 Å². The van der Waals surface area contributed by atoms with Gasteiger partial charge in [-0.2, -0.15) is 5.10 Å². The van der Waals surface area contributed by atoms with Crippen molar-refractivity contribution < 1.29 is 13.5 Å². The second kappa shape index (κ2) is 7.87. The Morgan fingerprint density at radius 3 is 2.54 bits per heavy atom. The summed E-state index contributed by atoms with van der Waals surface area (Å²) in [6.07, 6.45) is 8.74. The minimum atomic E-state index is -0.823. The van der Waals surface area contributed by atoms with Crippen molar-refractivity contribution >= 4 is 37.7 Å². The topological polar surface area (TPSA) is 42.8 Å². The number of ether oxygens (including phenoxy) is 1. The largest absolute Gasteiger partial charge is 0.381 e. The molecule has 3 heterocycles. The first-order chi connectivity index (χ1) is 16.9. The van der Waals surface area contributed by atoms with Gasteiger partial charge in [-0.3, -0.25) is 5.10 Å². The summed E-state index contributed by atoms with van der Waals surface area (Å²) in [5.41, 5.74) is 5.80. The minimum absolute atomic E-state index is 0.305. The average molecular weight is 540 g/mol. The summed E-state index contributed by atoms with van der Waals surface area (Å²) in [6, 6.07) is 6.42. The highest BCUT2D eigenvalue weighted by atomic mass is 79.9. The molecule has 1 N–H and O–H groups in total. The summed E-state index contributed by atoms with van der Waals surface area (Å²) in [7, 11) is 0. The molecule has 0 amide bonds. The molecule has 1 spiro atoms. The molecule has 2 aliphatic carbocycles. The van der Waals surface area contributed by atoms with Crippen LogP contribution in [0.3, 0.4) is 0 Å². The zero-order valence-corrected chi connectivity index (χ0v) is 21.3. The summed E-state index contributed by atoms with van der Waals surface area (Å²) >= 11 is 3.93. The lowest BCUT2D eigenvalue weighted by molar-refractivity contribution is -0.0342. The summed E-state index contributed by atoms with van der Waals surface area (Å²) in [6.45, 7) is 3.80. The zero-order valence-electron chi connectivity index (χ0n) is 19.7. The summed E-state index contributed by atoms with van der Waals surface area (Å²) in [5, 5.41) is 9.61. The van der Waals surface area contributed by atoms with Crippen molar-refractivity contribution in [2.24, 2.45) is 11.3 Å². The van der Waals surface area contributed by atoms with E-state index in [0.29, 0.717) is 22.9 Å². The molecule has 2 saturated carbocycles. The molecular weight excluding hydrogens is 512 g/mol. The standard InChI is InChI=1S/C28H28BrF2N3O/c1-15-10-28(11-15)12-18(13-28)23-24-22(8-17-14-32-33-26(17)25(24)29)34(19-2-3-20(30)21(31)9-19)27(23)16-4-6-35-7-5-16/h2-3,8-9,14-16,18H,4-7,10-13H2,1H3,(H,32,33). The first-order valence-electron chi connectivity index (χ1n) is 12.7. The van der Waals surface area contributed by atoms with Crippen LogP contribution in [-0.4, -0.2) is 28.0 Å². The predicted molar refractivity (Wildman–Crippen MR) is 136 cm³/mol. The zero-order chi connectivity index (χ0) is 23.9. The quantitative estimate of drug-likeness (QED) is 0.289. The Balaban J connectivity index is 1.52. The monoisotopic (exact) mass is 539 g/mol. The predicted octanol–water partition coefficient (Wildman–Crippen LogP) is 7.74. The second-order valence-electron chi connectivity index (χ2n) is 11.2. The number of aromatic nitrogens is 3. The van der Waals surface area contributed by atoms with Gasteiger partial charge in [0, 0.05) is 47.4 Å². The van der Waals surface area contributed by atoms with Gasteiger partial charge < -0.3 is 9.30 Å². The second-order valence-corrected chi connectivity index (χ2v) is 11.9. The average Bonchev–Trinajstić information content (AvgIpc) is 3.41. The van der Waals surface area contributed by atoms with Crippen LogP contribution in [0.5, 0.6) is 0 Å². The first kappa shape index (κ1) is 22.0. The molecule has 2 aromatic heterocycles. The van der Waals surface area contributed by atoms with Crippen molar-refractivity contribution in [1.82, 2.24) is 14.8 Å². The van der Waals surface area contributed by atoms with Gasteiger partial charge in [-0.25, -0.2) is 8.78 Å². The molecule has 0 atom stereocenters. The molecule has 7 heteroatoms. The third-order valence-electron chi connectivity index (χ3n) is 8.78. The fraction of sp³-hybridized carbons (Fsp3) is 0.464. The molecule has 2 aromatic carbocycles. The fourth-order valence-corrected chi connectivity index (χ4v) is 8.21. The van der Waals surface area contributed by atoms with Crippen LogP contribution in [0.4, 0.5) is 8.78 Å². The molecule has 7 rings (SSSR count). The van der Waals surface area contributed by atoms with Gasteiger partial charge in [-0.1, -0.05) is 6.92 Å². The highest BCUT2D eigenvalue weighted by Gasteiger charge is 2.53. The van der Waals surface area contributed by atoms with E-state index >= 15 is 0 Å². The molecular formula is C28H28BrF2N3O.